The van der Waals surface area contributed by atoms with Crippen LogP contribution in [0, 0.1) is 0 Å². The molecule has 1 atom stereocenters. The molecule has 0 saturated carbocycles. The highest BCUT2D eigenvalue weighted by Crippen LogP contribution is 2.17. The Balaban J connectivity index is 2.47. The molecule has 0 aliphatic rings. The molecule has 0 aromatic carbocycles. The highest BCUT2D eigenvalue weighted by atomic mass is 79.9. The summed E-state index contributed by atoms with van der Waals surface area (Å²) >= 11 is 2.96. The lowest BCUT2D eigenvalue weighted by Gasteiger charge is -2.09. The maximum Gasteiger partial charge on any atom is 0.265 e. The summed E-state index contributed by atoms with van der Waals surface area (Å²) in [5, 5.41) is 10.9. The van der Waals surface area contributed by atoms with Crippen molar-refractivity contribution in [3.63, 3.8) is 0 Å². The van der Waals surface area contributed by atoms with Gasteiger partial charge in [-0.25, -0.2) is 8.78 Å². The van der Waals surface area contributed by atoms with Crippen molar-refractivity contribution in [1.82, 2.24) is 5.32 Å². The second-order valence-corrected chi connectivity index (χ2v) is 3.44. The molecule has 0 bridgehead atoms. The first-order valence-corrected chi connectivity index (χ1v) is 4.79. The minimum atomic E-state index is -2.88. The lowest BCUT2D eigenvalue weighted by atomic mass is 10.3. The van der Waals surface area contributed by atoms with Crippen LogP contribution in [0.1, 0.15) is 10.4 Å². The Morgan fingerprint density at radius 1 is 1.67 bits per heavy atom. The second-order valence-electron chi connectivity index (χ2n) is 2.72. The Hall–Kier alpha value is -0.950. The van der Waals surface area contributed by atoms with Crippen molar-refractivity contribution in [3.05, 3.63) is 22.6 Å². The highest BCUT2D eigenvalue weighted by molar-refractivity contribution is 9.10. The van der Waals surface area contributed by atoms with E-state index >= 15 is 0 Å². The molecule has 1 aromatic rings. The predicted molar refractivity (Wildman–Crippen MR) is 50.8 cm³/mol. The van der Waals surface area contributed by atoms with Crippen molar-refractivity contribution < 1.29 is 23.1 Å². The number of furan rings is 1. The van der Waals surface area contributed by atoms with E-state index in [-0.39, 0.29) is 10.2 Å². The minimum absolute atomic E-state index is 0.191. The number of nitrogens with one attached hydrogen (secondary N) is 1. The topological polar surface area (TPSA) is 62.5 Å². The maximum atomic E-state index is 11.9. The van der Waals surface area contributed by atoms with Gasteiger partial charge in [0.1, 0.15) is 6.10 Å². The quantitative estimate of drug-likeness (QED) is 0.878. The van der Waals surface area contributed by atoms with E-state index in [9.17, 15) is 13.6 Å². The number of aliphatic hydroxyl groups excluding tert-OH is 1. The molecule has 0 aliphatic carbocycles. The predicted octanol–water partition coefficient (Wildman–Crippen LogP) is 1.40. The van der Waals surface area contributed by atoms with Crippen LogP contribution in [0.5, 0.6) is 0 Å². The Morgan fingerprint density at radius 2 is 2.33 bits per heavy atom. The van der Waals surface area contributed by atoms with Crippen LogP contribution in [0.2, 0.25) is 0 Å². The van der Waals surface area contributed by atoms with Crippen LogP contribution < -0.4 is 5.32 Å². The summed E-state index contributed by atoms with van der Waals surface area (Å²) in [5.41, 5.74) is 0.191. The van der Waals surface area contributed by atoms with E-state index in [1.54, 1.807) is 0 Å². The molecule has 4 nitrogen and oxygen atoms in total. The number of alkyl halides is 2. The number of hydrogen-bond donors (Lipinski definition) is 2. The molecule has 0 spiro atoms. The molecule has 2 N–H and O–H groups in total. The third kappa shape index (κ3) is 3.28. The van der Waals surface area contributed by atoms with Gasteiger partial charge >= 0.3 is 0 Å². The monoisotopic (exact) mass is 283 g/mol. The Kier molecular flexibility index (Phi) is 4.22. The highest BCUT2D eigenvalue weighted by Gasteiger charge is 2.19. The van der Waals surface area contributed by atoms with Crippen LogP contribution in [-0.2, 0) is 0 Å². The fraction of sp³-hybridized carbons (Fsp3) is 0.375. The van der Waals surface area contributed by atoms with Gasteiger partial charge in [0.2, 0.25) is 0 Å². The largest absolute Gasteiger partial charge is 0.457 e. The van der Waals surface area contributed by atoms with Gasteiger partial charge in [0, 0.05) is 6.54 Å². The summed E-state index contributed by atoms with van der Waals surface area (Å²) in [4.78, 5) is 11.3. The summed E-state index contributed by atoms with van der Waals surface area (Å²) in [7, 11) is 0. The van der Waals surface area contributed by atoms with Crippen molar-refractivity contribution in [1.29, 1.82) is 0 Å². The van der Waals surface area contributed by atoms with Crippen LogP contribution in [0.3, 0.4) is 0 Å². The zero-order chi connectivity index (χ0) is 11.4. The molecule has 0 aliphatic heterocycles. The van der Waals surface area contributed by atoms with Crippen LogP contribution in [-0.4, -0.2) is 30.1 Å². The molecule has 0 fully saturated rings. The lowest BCUT2D eigenvalue weighted by Crippen LogP contribution is -2.35. The van der Waals surface area contributed by atoms with E-state index in [2.05, 4.69) is 21.2 Å². The molecular formula is C8H8BrF2NO3. The number of aliphatic hydroxyl groups is 1. The average Bonchev–Trinajstić information content (AvgIpc) is 2.60. The second kappa shape index (κ2) is 5.22. The van der Waals surface area contributed by atoms with E-state index in [1.165, 1.54) is 12.3 Å². The molecule has 1 amide bonds. The van der Waals surface area contributed by atoms with E-state index in [4.69, 9.17) is 9.52 Å². The Morgan fingerprint density at radius 3 is 2.80 bits per heavy atom. The van der Waals surface area contributed by atoms with Crippen molar-refractivity contribution in [2.75, 3.05) is 6.54 Å². The lowest BCUT2D eigenvalue weighted by molar-refractivity contribution is -0.00271. The van der Waals surface area contributed by atoms with Crippen molar-refractivity contribution in [2.45, 2.75) is 12.5 Å². The SMILES string of the molecule is O=C(NCC(O)C(F)F)c1ccoc1Br. The van der Waals surface area contributed by atoms with Crippen LogP contribution in [0.15, 0.2) is 21.4 Å². The minimum Gasteiger partial charge on any atom is -0.457 e. The van der Waals surface area contributed by atoms with Crippen LogP contribution in [0.4, 0.5) is 8.78 Å². The first-order chi connectivity index (χ1) is 7.02. The molecule has 0 radical (unpaired) electrons. The fourth-order valence-corrected chi connectivity index (χ4v) is 1.26. The Labute approximate surface area is 92.4 Å². The Bertz CT molecular complexity index is 342. The molecule has 7 heteroatoms. The van der Waals surface area contributed by atoms with Crippen molar-refractivity contribution >= 4 is 21.8 Å². The number of carbonyl (C=O) groups is 1. The van der Waals surface area contributed by atoms with Gasteiger partial charge in [0.15, 0.2) is 4.67 Å². The van der Waals surface area contributed by atoms with E-state index in [1.807, 2.05) is 0 Å². The van der Waals surface area contributed by atoms with Gasteiger partial charge in [0.25, 0.3) is 12.3 Å². The van der Waals surface area contributed by atoms with E-state index < -0.39 is 25.0 Å². The van der Waals surface area contributed by atoms with Gasteiger partial charge in [-0.3, -0.25) is 4.79 Å². The van der Waals surface area contributed by atoms with Gasteiger partial charge in [0.05, 0.1) is 11.8 Å². The zero-order valence-electron chi connectivity index (χ0n) is 7.41. The number of hydrogen-bond acceptors (Lipinski definition) is 3. The van der Waals surface area contributed by atoms with Gasteiger partial charge < -0.3 is 14.8 Å². The molecule has 1 aromatic heterocycles. The smallest absolute Gasteiger partial charge is 0.265 e. The van der Waals surface area contributed by atoms with Gasteiger partial charge in [-0.2, -0.15) is 0 Å². The standard InChI is InChI=1S/C8H8BrF2NO3/c9-6-4(1-2-15-6)8(14)12-3-5(13)7(10)11/h1-2,5,7,13H,3H2,(H,12,14). The molecule has 1 rings (SSSR count). The summed E-state index contributed by atoms with van der Waals surface area (Å²) < 4.78 is 28.7. The average molecular weight is 284 g/mol. The summed E-state index contributed by atoms with van der Waals surface area (Å²) in [6.45, 7) is -0.506. The summed E-state index contributed by atoms with van der Waals surface area (Å²) in [6, 6.07) is 1.38. The molecular weight excluding hydrogens is 276 g/mol. The van der Waals surface area contributed by atoms with Crippen molar-refractivity contribution in [3.8, 4) is 0 Å². The summed E-state index contributed by atoms with van der Waals surface area (Å²) in [5.74, 6) is -0.588. The first kappa shape index (κ1) is 12.1. The maximum absolute atomic E-state index is 11.9. The number of halogens is 3. The first-order valence-electron chi connectivity index (χ1n) is 3.99. The third-order valence-electron chi connectivity index (χ3n) is 1.63. The zero-order valence-corrected chi connectivity index (χ0v) is 9.00. The summed E-state index contributed by atoms with van der Waals surface area (Å²) in [6.07, 6.45) is -3.46. The van der Waals surface area contributed by atoms with Crippen LogP contribution in [0.25, 0.3) is 0 Å². The van der Waals surface area contributed by atoms with Gasteiger partial charge in [-0.1, -0.05) is 0 Å². The van der Waals surface area contributed by atoms with E-state index in [0.717, 1.165) is 0 Å². The van der Waals surface area contributed by atoms with E-state index in [0.29, 0.717) is 0 Å². The number of rotatable bonds is 4. The molecule has 84 valence electrons. The third-order valence-corrected chi connectivity index (χ3v) is 2.24. The number of carbonyl (C=O) groups excluding carboxylic acids is 1. The fourth-order valence-electron chi connectivity index (χ4n) is 0.837. The normalized spacial score (nSPS) is 12.9. The molecule has 1 unspecified atom stereocenters. The molecule has 15 heavy (non-hydrogen) atoms. The van der Waals surface area contributed by atoms with Gasteiger partial charge in [-0.15, -0.1) is 0 Å². The number of amides is 1. The van der Waals surface area contributed by atoms with Gasteiger partial charge in [-0.05, 0) is 22.0 Å². The van der Waals surface area contributed by atoms with Crippen LogP contribution >= 0.6 is 15.9 Å². The van der Waals surface area contributed by atoms with Crippen molar-refractivity contribution in [2.24, 2.45) is 0 Å². The molecule has 1 heterocycles. The molecule has 0 saturated heterocycles.